The fourth-order valence-electron chi connectivity index (χ4n) is 4.95. The Morgan fingerprint density at radius 3 is 2.17 bits per heavy atom. The summed E-state index contributed by atoms with van der Waals surface area (Å²) in [6, 6.07) is 15.8. The summed E-state index contributed by atoms with van der Waals surface area (Å²) in [6.45, 7) is 3.69. The number of hydrogen-bond donors (Lipinski definition) is 3. The van der Waals surface area contributed by atoms with Gasteiger partial charge in [-0.15, -0.1) is 0 Å². The molecule has 1 aliphatic heterocycles. The van der Waals surface area contributed by atoms with Gasteiger partial charge in [0.2, 0.25) is 5.91 Å². The predicted molar refractivity (Wildman–Crippen MR) is 137 cm³/mol. The highest BCUT2D eigenvalue weighted by atomic mass is 32.2. The lowest BCUT2D eigenvalue weighted by atomic mass is 9.87. The molecule has 7 nitrogen and oxygen atoms in total. The van der Waals surface area contributed by atoms with Gasteiger partial charge in [0.15, 0.2) is 0 Å². The summed E-state index contributed by atoms with van der Waals surface area (Å²) >= 11 is 1.76. The number of alkyl carbamates (subject to hydrolysis) is 1. The number of ether oxygens (including phenoxy) is 1. The number of fused-ring (bicyclic) bond motifs is 3. The van der Waals surface area contributed by atoms with Crippen molar-refractivity contribution in [2.45, 2.75) is 50.6 Å². The summed E-state index contributed by atoms with van der Waals surface area (Å²) in [7, 11) is 0. The van der Waals surface area contributed by atoms with E-state index in [-0.39, 0.29) is 24.9 Å². The molecule has 186 valence electrons. The first-order valence-corrected chi connectivity index (χ1v) is 13.2. The van der Waals surface area contributed by atoms with E-state index < -0.39 is 29.6 Å². The number of thioether (sulfide) groups is 1. The largest absolute Gasteiger partial charge is 0.481 e. The monoisotopic (exact) mass is 496 g/mol. The van der Waals surface area contributed by atoms with Crippen LogP contribution in [0.4, 0.5) is 4.79 Å². The number of rotatable bonds is 8. The van der Waals surface area contributed by atoms with Crippen molar-refractivity contribution < 1.29 is 24.2 Å². The second kappa shape index (κ2) is 10.7. The normalized spacial score (nSPS) is 18.0. The Kier molecular flexibility index (Phi) is 7.69. The molecule has 0 saturated carbocycles. The summed E-state index contributed by atoms with van der Waals surface area (Å²) in [5.41, 5.74) is 3.86. The zero-order valence-electron chi connectivity index (χ0n) is 20.1. The fraction of sp³-hybridized carbons (Fsp3) is 0.444. The number of benzene rings is 2. The first-order valence-electron chi connectivity index (χ1n) is 12.0. The lowest BCUT2D eigenvalue weighted by molar-refractivity contribution is -0.139. The summed E-state index contributed by atoms with van der Waals surface area (Å²) < 4.78 is 5.60. The zero-order chi connectivity index (χ0) is 25.0. The molecule has 1 aliphatic carbocycles. The maximum absolute atomic E-state index is 13.0. The van der Waals surface area contributed by atoms with Gasteiger partial charge in [-0.05, 0) is 53.5 Å². The summed E-state index contributed by atoms with van der Waals surface area (Å²) in [4.78, 5) is 37.0. The van der Waals surface area contributed by atoms with E-state index in [0.29, 0.717) is 12.8 Å². The maximum atomic E-state index is 13.0. The molecule has 0 spiro atoms. The van der Waals surface area contributed by atoms with E-state index >= 15 is 0 Å². The minimum Gasteiger partial charge on any atom is -0.481 e. The predicted octanol–water partition coefficient (Wildman–Crippen LogP) is 4.41. The average molecular weight is 497 g/mol. The van der Waals surface area contributed by atoms with Crippen LogP contribution >= 0.6 is 11.8 Å². The summed E-state index contributed by atoms with van der Waals surface area (Å²) in [5, 5.41) is 15.1. The van der Waals surface area contributed by atoms with Crippen molar-refractivity contribution in [1.82, 2.24) is 10.6 Å². The number of nitrogens with one attached hydrogen (secondary N) is 2. The van der Waals surface area contributed by atoms with Crippen LogP contribution in [0.5, 0.6) is 0 Å². The van der Waals surface area contributed by atoms with Gasteiger partial charge in [-0.3, -0.25) is 9.59 Å². The molecule has 35 heavy (non-hydrogen) atoms. The van der Waals surface area contributed by atoms with E-state index in [1.54, 1.807) is 25.6 Å². The molecule has 1 heterocycles. The Bertz CT molecular complexity index is 1050. The lowest BCUT2D eigenvalue weighted by Crippen LogP contribution is -2.55. The molecular weight excluding hydrogens is 464 g/mol. The van der Waals surface area contributed by atoms with Crippen LogP contribution in [-0.2, 0) is 14.3 Å². The van der Waals surface area contributed by atoms with Crippen molar-refractivity contribution in [2.75, 3.05) is 18.1 Å². The second-order valence-corrected chi connectivity index (χ2v) is 10.7. The molecule has 1 fully saturated rings. The number of carbonyl (C=O) groups is 3. The van der Waals surface area contributed by atoms with Crippen LogP contribution in [0, 0.1) is 5.92 Å². The van der Waals surface area contributed by atoms with Gasteiger partial charge in [-0.25, -0.2) is 4.79 Å². The average Bonchev–Trinajstić information content (AvgIpc) is 3.16. The quantitative estimate of drug-likeness (QED) is 0.500. The molecule has 8 heteroatoms. The summed E-state index contributed by atoms with van der Waals surface area (Å²) in [6.07, 6.45) is 0.571. The lowest BCUT2D eigenvalue weighted by Gasteiger charge is -2.38. The van der Waals surface area contributed by atoms with Gasteiger partial charge in [0.05, 0.1) is 17.9 Å². The van der Waals surface area contributed by atoms with E-state index in [1.807, 2.05) is 24.3 Å². The molecule has 2 aliphatic rings. The van der Waals surface area contributed by atoms with E-state index in [2.05, 4.69) is 34.9 Å². The second-order valence-electron chi connectivity index (χ2n) is 9.50. The van der Waals surface area contributed by atoms with Gasteiger partial charge >= 0.3 is 12.1 Å². The minimum absolute atomic E-state index is 0.0378. The van der Waals surface area contributed by atoms with Crippen molar-refractivity contribution in [3.05, 3.63) is 59.7 Å². The highest BCUT2D eigenvalue weighted by Crippen LogP contribution is 2.44. The number of carboxylic acids is 1. The highest BCUT2D eigenvalue weighted by molar-refractivity contribution is 7.99. The molecule has 2 aromatic carbocycles. The number of amides is 2. The van der Waals surface area contributed by atoms with E-state index in [0.717, 1.165) is 33.8 Å². The Morgan fingerprint density at radius 1 is 1.03 bits per heavy atom. The van der Waals surface area contributed by atoms with Crippen LogP contribution in [0.25, 0.3) is 11.1 Å². The van der Waals surface area contributed by atoms with E-state index in [1.165, 1.54) is 0 Å². The molecular formula is C27H32N2O5S. The van der Waals surface area contributed by atoms with Gasteiger partial charge in [-0.2, -0.15) is 11.8 Å². The topological polar surface area (TPSA) is 105 Å². The SMILES string of the molecule is CC(NC(=O)OCC1c2ccccc2-c2ccccc21)C(C)C(=O)NC1(CC(=O)O)CCSCC1. The van der Waals surface area contributed by atoms with Crippen molar-refractivity contribution in [1.29, 1.82) is 0 Å². The smallest absolute Gasteiger partial charge is 0.407 e. The first kappa shape index (κ1) is 25.1. The molecule has 4 rings (SSSR count). The number of aliphatic carboxylic acids is 1. The van der Waals surface area contributed by atoms with Crippen LogP contribution in [0.15, 0.2) is 48.5 Å². The zero-order valence-corrected chi connectivity index (χ0v) is 20.9. The number of carbonyl (C=O) groups excluding carboxylic acids is 2. The third kappa shape index (κ3) is 5.64. The molecule has 2 unspecified atom stereocenters. The molecule has 3 N–H and O–H groups in total. The summed E-state index contributed by atoms with van der Waals surface area (Å²) in [5.74, 6) is -0.135. The van der Waals surface area contributed by atoms with Crippen molar-refractivity contribution >= 4 is 29.7 Å². The van der Waals surface area contributed by atoms with Crippen molar-refractivity contribution in [2.24, 2.45) is 5.92 Å². The van der Waals surface area contributed by atoms with Crippen molar-refractivity contribution in [3.8, 4) is 11.1 Å². The molecule has 2 aromatic rings. The Morgan fingerprint density at radius 2 is 1.60 bits per heavy atom. The van der Waals surface area contributed by atoms with Crippen molar-refractivity contribution in [3.63, 3.8) is 0 Å². The van der Waals surface area contributed by atoms with Gasteiger partial charge in [-0.1, -0.05) is 55.5 Å². The number of carboxylic acid groups (broad SMARTS) is 1. The third-order valence-corrected chi connectivity index (χ3v) is 8.17. The van der Waals surface area contributed by atoms with Crippen LogP contribution in [0.3, 0.4) is 0 Å². The highest BCUT2D eigenvalue weighted by Gasteiger charge is 2.38. The molecule has 2 atom stereocenters. The minimum atomic E-state index is -0.922. The molecule has 0 aromatic heterocycles. The van der Waals surface area contributed by atoms with Crippen LogP contribution < -0.4 is 10.6 Å². The van der Waals surface area contributed by atoms with E-state index in [9.17, 15) is 19.5 Å². The van der Waals surface area contributed by atoms with Gasteiger partial charge in [0.25, 0.3) is 0 Å². The first-order chi connectivity index (χ1) is 16.8. The molecule has 0 radical (unpaired) electrons. The Labute approximate surface area is 210 Å². The van der Waals surface area contributed by atoms with Gasteiger partial charge in [0.1, 0.15) is 6.61 Å². The fourth-order valence-corrected chi connectivity index (χ4v) is 6.23. The number of hydrogen-bond acceptors (Lipinski definition) is 5. The standard InChI is InChI=1S/C27H32N2O5S/c1-17(25(32)29-27(15-24(30)31)11-13-35-14-12-27)18(2)28-26(33)34-16-23-21-9-5-3-7-19(21)20-8-4-6-10-22(20)23/h3-10,17-18,23H,11-16H2,1-2H3,(H,28,33)(H,29,32)(H,30,31). The van der Waals surface area contributed by atoms with Crippen LogP contribution in [-0.4, -0.2) is 52.8 Å². The van der Waals surface area contributed by atoms with E-state index in [4.69, 9.17) is 4.74 Å². The van der Waals surface area contributed by atoms with Crippen LogP contribution in [0.2, 0.25) is 0 Å². The van der Waals surface area contributed by atoms with Gasteiger partial charge in [0, 0.05) is 12.0 Å². The third-order valence-electron chi connectivity index (χ3n) is 7.18. The maximum Gasteiger partial charge on any atom is 0.407 e. The molecule has 2 amide bonds. The Balaban J connectivity index is 1.34. The van der Waals surface area contributed by atoms with Gasteiger partial charge < -0.3 is 20.5 Å². The molecule has 0 bridgehead atoms. The Hall–Kier alpha value is -3.00. The molecule has 1 saturated heterocycles. The van der Waals surface area contributed by atoms with Crippen LogP contribution in [0.1, 0.15) is 50.2 Å².